The van der Waals surface area contributed by atoms with E-state index < -0.39 is 35.2 Å². The highest BCUT2D eigenvalue weighted by Gasteiger charge is 2.35. The van der Waals surface area contributed by atoms with E-state index in [9.17, 15) is 22.8 Å². The number of benzene rings is 2. The van der Waals surface area contributed by atoms with Gasteiger partial charge >= 0.3 is 6.18 Å². The largest absolute Gasteiger partial charge is 0.417 e. The van der Waals surface area contributed by atoms with Crippen LogP contribution in [0.2, 0.25) is 0 Å². The minimum atomic E-state index is -4.70. The molecule has 28 heavy (non-hydrogen) atoms. The van der Waals surface area contributed by atoms with Gasteiger partial charge in [-0.2, -0.15) is 13.2 Å². The molecule has 3 N–H and O–H groups in total. The van der Waals surface area contributed by atoms with Crippen LogP contribution >= 0.6 is 0 Å². The summed E-state index contributed by atoms with van der Waals surface area (Å²) in [6.45, 7) is 0. The molecule has 5 nitrogen and oxygen atoms in total. The molecule has 2 amide bonds. The summed E-state index contributed by atoms with van der Waals surface area (Å²) in [6, 6.07) is 13.9. The molecule has 144 valence electrons. The quantitative estimate of drug-likeness (QED) is 0.706. The molecule has 0 bridgehead atoms. The Labute approximate surface area is 158 Å². The lowest BCUT2D eigenvalue weighted by Gasteiger charge is -2.17. The van der Waals surface area contributed by atoms with E-state index in [1.54, 1.807) is 24.3 Å². The summed E-state index contributed by atoms with van der Waals surface area (Å²) in [5, 5.41) is 3.18. The summed E-state index contributed by atoms with van der Waals surface area (Å²) in [6.07, 6.45) is -4.74. The van der Waals surface area contributed by atoms with Gasteiger partial charge in [0, 0.05) is 17.5 Å². The van der Waals surface area contributed by atoms with Gasteiger partial charge < -0.3 is 11.1 Å². The molecular weight excluding hydrogens is 371 g/mol. The zero-order valence-corrected chi connectivity index (χ0v) is 14.5. The summed E-state index contributed by atoms with van der Waals surface area (Å²) in [4.78, 5) is 28.6. The molecule has 0 spiro atoms. The van der Waals surface area contributed by atoms with Crippen LogP contribution in [0.25, 0.3) is 10.9 Å². The summed E-state index contributed by atoms with van der Waals surface area (Å²) < 4.78 is 39.4. The first-order valence-corrected chi connectivity index (χ1v) is 8.37. The van der Waals surface area contributed by atoms with Crippen molar-refractivity contribution >= 4 is 22.7 Å². The minimum absolute atomic E-state index is 0.0416. The molecule has 1 atom stereocenters. The number of carbonyl (C=O) groups is 2. The maximum absolute atomic E-state index is 13.1. The van der Waals surface area contributed by atoms with Crippen LogP contribution in [0, 0.1) is 0 Å². The van der Waals surface area contributed by atoms with Gasteiger partial charge in [0.1, 0.15) is 6.04 Å². The molecule has 1 heterocycles. The molecular formula is C20H16F3N3O2. The smallest absolute Gasteiger partial charge is 0.368 e. The second kappa shape index (κ2) is 7.67. The molecule has 3 aromatic rings. The van der Waals surface area contributed by atoms with Crippen LogP contribution in [0.3, 0.4) is 0 Å². The van der Waals surface area contributed by atoms with Gasteiger partial charge in [0.15, 0.2) is 0 Å². The lowest BCUT2D eigenvalue weighted by Crippen LogP contribution is -2.46. The molecule has 0 unspecified atom stereocenters. The molecule has 8 heteroatoms. The van der Waals surface area contributed by atoms with E-state index in [4.69, 9.17) is 5.73 Å². The van der Waals surface area contributed by atoms with Crippen LogP contribution < -0.4 is 11.1 Å². The number of pyridine rings is 1. The van der Waals surface area contributed by atoms with Gasteiger partial charge in [-0.3, -0.25) is 14.6 Å². The second-order valence-electron chi connectivity index (χ2n) is 6.17. The van der Waals surface area contributed by atoms with E-state index in [-0.39, 0.29) is 6.42 Å². The Bertz CT molecular complexity index is 1030. The third-order valence-corrected chi connectivity index (χ3v) is 4.20. The van der Waals surface area contributed by atoms with Crippen molar-refractivity contribution in [2.75, 3.05) is 0 Å². The number of hydrogen-bond acceptors (Lipinski definition) is 3. The van der Waals surface area contributed by atoms with Crippen molar-refractivity contribution < 1.29 is 22.8 Å². The monoisotopic (exact) mass is 387 g/mol. The van der Waals surface area contributed by atoms with E-state index >= 15 is 0 Å². The van der Waals surface area contributed by atoms with Crippen LogP contribution in [0.1, 0.15) is 21.6 Å². The number of nitrogens with one attached hydrogen (secondary N) is 1. The topological polar surface area (TPSA) is 85.1 Å². The molecule has 0 saturated heterocycles. The first-order chi connectivity index (χ1) is 13.3. The Morgan fingerprint density at radius 1 is 1.00 bits per heavy atom. The maximum Gasteiger partial charge on any atom is 0.417 e. The molecule has 1 aromatic heterocycles. The average molecular weight is 387 g/mol. The number of nitrogens with zero attached hydrogens (tertiary/aromatic N) is 1. The maximum atomic E-state index is 13.1. The van der Waals surface area contributed by atoms with E-state index in [2.05, 4.69) is 10.3 Å². The summed E-state index contributed by atoms with van der Waals surface area (Å²) in [7, 11) is 0. The third-order valence-electron chi connectivity index (χ3n) is 4.20. The Hall–Kier alpha value is -3.42. The standard InChI is InChI=1S/C20H16F3N3O2/c21-20(22,23)15-7-3-2-6-14(15)19(28)26-17(18(24)27)11-13-10-9-12-5-1-4-8-16(12)25-13/h1-10,17H,11H2,(H2,24,27)(H,26,28)/t17-/m0/s1. The van der Waals surface area contributed by atoms with E-state index in [1.807, 2.05) is 12.1 Å². The highest BCUT2D eigenvalue weighted by molar-refractivity contribution is 5.98. The number of carbonyl (C=O) groups excluding carboxylic acids is 2. The molecule has 3 rings (SSSR count). The SMILES string of the molecule is NC(=O)[C@H](Cc1ccc2ccccc2n1)NC(=O)c1ccccc1C(F)(F)F. The zero-order valence-electron chi connectivity index (χ0n) is 14.5. The van der Waals surface area contributed by atoms with Crippen LogP contribution in [0.4, 0.5) is 13.2 Å². The zero-order chi connectivity index (χ0) is 20.3. The number of rotatable bonds is 5. The van der Waals surface area contributed by atoms with Gasteiger partial charge in [0.2, 0.25) is 5.91 Å². The number of nitrogens with two attached hydrogens (primary N) is 1. The van der Waals surface area contributed by atoms with Crippen molar-refractivity contribution in [1.82, 2.24) is 10.3 Å². The average Bonchev–Trinajstić information content (AvgIpc) is 2.66. The van der Waals surface area contributed by atoms with Gasteiger partial charge in [-0.05, 0) is 24.3 Å². The third kappa shape index (κ3) is 4.28. The second-order valence-corrected chi connectivity index (χ2v) is 6.17. The first-order valence-electron chi connectivity index (χ1n) is 8.37. The fourth-order valence-corrected chi connectivity index (χ4v) is 2.82. The van der Waals surface area contributed by atoms with E-state index in [0.717, 1.165) is 17.5 Å². The lowest BCUT2D eigenvalue weighted by atomic mass is 10.0. The number of halogens is 3. The lowest BCUT2D eigenvalue weighted by molar-refractivity contribution is -0.137. The Balaban J connectivity index is 1.83. The molecule has 0 radical (unpaired) electrons. The molecule has 2 aromatic carbocycles. The fraction of sp³-hybridized carbons (Fsp3) is 0.150. The van der Waals surface area contributed by atoms with E-state index in [1.165, 1.54) is 12.1 Å². The predicted octanol–water partition coefficient (Wildman–Crippen LogP) is 3.08. The number of aromatic nitrogens is 1. The fourth-order valence-electron chi connectivity index (χ4n) is 2.82. The van der Waals surface area contributed by atoms with E-state index in [0.29, 0.717) is 11.2 Å². The van der Waals surface area contributed by atoms with Gasteiger partial charge in [0.25, 0.3) is 5.91 Å². The Kier molecular flexibility index (Phi) is 5.30. The number of alkyl halides is 3. The summed E-state index contributed by atoms with van der Waals surface area (Å²) >= 11 is 0. The number of hydrogen-bond donors (Lipinski definition) is 2. The van der Waals surface area contributed by atoms with Gasteiger partial charge in [-0.25, -0.2) is 0 Å². The highest BCUT2D eigenvalue weighted by Crippen LogP contribution is 2.31. The van der Waals surface area contributed by atoms with Crippen LogP contribution in [0.5, 0.6) is 0 Å². The highest BCUT2D eigenvalue weighted by atomic mass is 19.4. The van der Waals surface area contributed by atoms with Crippen molar-refractivity contribution in [2.24, 2.45) is 5.73 Å². The van der Waals surface area contributed by atoms with Crippen molar-refractivity contribution in [2.45, 2.75) is 18.6 Å². The number of para-hydroxylation sites is 1. The summed E-state index contributed by atoms with van der Waals surface area (Å²) in [5.74, 6) is -1.90. The first kappa shape index (κ1) is 19.3. The number of amides is 2. The number of fused-ring (bicyclic) bond motifs is 1. The van der Waals surface area contributed by atoms with Gasteiger partial charge in [0.05, 0.1) is 16.6 Å². The normalized spacial score (nSPS) is 12.5. The van der Waals surface area contributed by atoms with Gasteiger partial charge in [-0.15, -0.1) is 0 Å². The molecule has 0 aliphatic carbocycles. The van der Waals surface area contributed by atoms with Crippen molar-refractivity contribution in [3.8, 4) is 0 Å². The molecule has 0 aliphatic rings. The summed E-state index contributed by atoms with van der Waals surface area (Å²) in [5.41, 5.74) is 4.85. The number of primary amides is 1. The Morgan fingerprint density at radius 2 is 1.68 bits per heavy atom. The van der Waals surface area contributed by atoms with Crippen molar-refractivity contribution in [3.63, 3.8) is 0 Å². The molecule has 0 saturated carbocycles. The van der Waals surface area contributed by atoms with Gasteiger partial charge in [-0.1, -0.05) is 36.4 Å². The van der Waals surface area contributed by atoms with Crippen LogP contribution in [0.15, 0.2) is 60.7 Å². The van der Waals surface area contributed by atoms with Crippen LogP contribution in [-0.4, -0.2) is 22.8 Å². The molecule has 0 fully saturated rings. The van der Waals surface area contributed by atoms with Crippen molar-refractivity contribution in [1.29, 1.82) is 0 Å². The van der Waals surface area contributed by atoms with Crippen LogP contribution in [-0.2, 0) is 17.4 Å². The predicted molar refractivity (Wildman–Crippen MR) is 97.3 cm³/mol. The molecule has 0 aliphatic heterocycles. The minimum Gasteiger partial charge on any atom is -0.368 e. The van der Waals surface area contributed by atoms with Crippen molar-refractivity contribution in [3.05, 3.63) is 77.5 Å². The Morgan fingerprint density at radius 3 is 2.39 bits per heavy atom.